The zero-order valence-electron chi connectivity index (χ0n) is 14.0. The van der Waals surface area contributed by atoms with Crippen LogP contribution in [0.1, 0.15) is 34.6 Å². The molecule has 0 aliphatic heterocycles. The number of nitrogens with one attached hydrogen (secondary N) is 2. The van der Waals surface area contributed by atoms with Gasteiger partial charge in [-0.05, 0) is 45.9 Å². The SMILES string of the molecule is CC(N)C(C)C(=O)Nc1ccc(F)c(S(=O)(=O)NC(C)(C)C)c1. The van der Waals surface area contributed by atoms with Crippen LogP contribution < -0.4 is 15.8 Å². The zero-order valence-corrected chi connectivity index (χ0v) is 14.8. The number of anilines is 1. The number of carbonyl (C=O) groups is 1. The minimum Gasteiger partial charge on any atom is -0.327 e. The van der Waals surface area contributed by atoms with Crippen LogP contribution in [0.4, 0.5) is 10.1 Å². The first-order valence-electron chi connectivity index (χ1n) is 7.23. The number of rotatable bonds is 5. The molecule has 0 heterocycles. The van der Waals surface area contributed by atoms with Gasteiger partial charge in [-0.15, -0.1) is 0 Å². The molecule has 6 nitrogen and oxygen atoms in total. The highest BCUT2D eigenvalue weighted by atomic mass is 32.2. The van der Waals surface area contributed by atoms with Crippen molar-refractivity contribution >= 4 is 21.6 Å². The van der Waals surface area contributed by atoms with Gasteiger partial charge >= 0.3 is 0 Å². The summed E-state index contributed by atoms with van der Waals surface area (Å²) in [5.74, 6) is -1.72. The normalized spacial score (nSPS) is 15.1. The third-order valence-corrected chi connectivity index (χ3v) is 4.90. The van der Waals surface area contributed by atoms with Gasteiger partial charge in [0.1, 0.15) is 10.7 Å². The maximum Gasteiger partial charge on any atom is 0.244 e. The molecule has 0 aromatic heterocycles. The van der Waals surface area contributed by atoms with Crippen molar-refractivity contribution < 1.29 is 17.6 Å². The van der Waals surface area contributed by atoms with E-state index < -0.39 is 32.2 Å². The predicted molar refractivity (Wildman–Crippen MR) is 87.9 cm³/mol. The van der Waals surface area contributed by atoms with Crippen LogP contribution in [0.2, 0.25) is 0 Å². The van der Waals surface area contributed by atoms with E-state index in [-0.39, 0.29) is 17.6 Å². The van der Waals surface area contributed by atoms with Crippen LogP contribution in [-0.2, 0) is 14.8 Å². The highest BCUT2D eigenvalue weighted by molar-refractivity contribution is 7.89. The summed E-state index contributed by atoms with van der Waals surface area (Å²) in [5.41, 5.74) is 5.09. The van der Waals surface area contributed by atoms with Crippen LogP contribution in [0.3, 0.4) is 0 Å². The second-order valence-electron chi connectivity index (χ2n) is 6.64. The van der Waals surface area contributed by atoms with Crippen molar-refractivity contribution in [2.75, 3.05) is 5.32 Å². The molecule has 2 atom stereocenters. The first-order valence-corrected chi connectivity index (χ1v) is 8.72. The molecule has 1 rings (SSSR count). The Morgan fingerprint density at radius 1 is 1.26 bits per heavy atom. The Labute approximate surface area is 136 Å². The molecule has 8 heteroatoms. The summed E-state index contributed by atoms with van der Waals surface area (Å²) in [6, 6.07) is 3.04. The van der Waals surface area contributed by atoms with E-state index in [0.717, 1.165) is 12.1 Å². The predicted octanol–water partition coefficient (Wildman–Crippen LogP) is 1.82. The second kappa shape index (κ2) is 6.94. The molecule has 0 aliphatic carbocycles. The van der Waals surface area contributed by atoms with Crippen LogP contribution in [-0.4, -0.2) is 25.9 Å². The Hall–Kier alpha value is -1.51. The first-order chi connectivity index (χ1) is 10.3. The van der Waals surface area contributed by atoms with Crippen molar-refractivity contribution in [3.63, 3.8) is 0 Å². The molecular weight excluding hydrogens is 321 g/mol. The number of benzene rings is 1. The number of hydrogen-bond acceptors (Lipinski definition) is 4. The van der Waals surface area contributed by atoms with Crippen molar-refractivity contribution in [3.05, 3.63) is 24.0 Å². The summed E-state index contributed by atoms with van der Waals surface area (Å²) in [7, 11) is -4.04. The van der Waals surface area contributed by atoms with Gasteiger partial charge in [-0.25, -0.2) is 17.5 Å². The Balaban J connectivity index is 3.12. The van der Waals surface area contributed by atoms with E-state index in [9.17, 15) is 17.6 Å². The number of hydrogen-bond donors (Lipinski definition) is 3. The number of carbonyl (C=O) groups excluding carboxylic acids is 1. The number of halogens is 1. The van der Waals surface area contributed by atoms with E-state index in [1.165, 1.54) is 6.07 Å². The number of sulfonamides is 1. The summed E-state index contributed by atoms with van der Waals surface area (Å²) in [6.45, 7) is 8.30. The van der Waals surface area contributed by atoms with Crippen molar-refractivity contribution in [1.82, 2.24) is 4.72 Å². The molecule has 0 saturated carbocycles. The van der Waals surface area contributed by atoms with Gasteiger partial charge in [0.25, 0.3) is 0 Å². The molecular formula is C15H24FN3O3S. The highest BCUT2D eigenvalue weighted by Gasteiger charge is 2.26. The standard InChI is InChI=1S/C15H24FN3O3S/c1-9(10(2)17)14(20)18-11-6-7-12(16)13(8-11)23(21,22)19-15(3,4)5/h6-10,19H,17H2,1-5H3,(H,18,20). The number of nitrogens with two attached hydrogens (primary N) is 1. The van der Waals surface area contributed by atoms with Crippen molar-refractivity contribution in [1.29, 1.82) is 0 Å². The molecule has 0 spiro atoms. The van der Waals surface area contributed by atoms with E-state index in [0.29, 0.717) is 0 Å². The van der Waals surface area contributed by atoms with Gasteiger partial charge in [0.05, 0.1) is 5.92 Å². The zero-order chi connectivity index (χ0) is 18.0. The molecule has 0 radical (unpaired) electrons. The molecule has 0 saturated heterocycles. The third-order valence-electron chi connectivity index (χ3n) is 3.13. The van der Waals surface area contributed by atoms with Crippen molar-refractivity contribution in [2.24, 2.45) is 11.7 Å². The molecule has 130 valence electrons. The number of amides is 1. The van der Waals surface area contributed by atoms with Crippen LogP contribution in [0, 0.1) is 11.7 Å². The Kier molecular flexibility index (Phi) is 5.89. The summed E-state index contributed by atoms with van der Waals surface area (Å²) in [6.07, 6.45) is 0. The quantitative estimate of drug-likeness (QED) is 0.757. The smallest absolute Gasteiger partial charge is 0.244 e. The molecule has 0 bridgehead atoms. The lowest BCUT2D eigenvalue weighted by molar-refractivity contribution is -0.119. The summed E-state index contributed by atoms with van der Waals surface area (Å²) in [5, 5.41) is 2.55. The van der Waals surface area contributed by atoms with Crippen LogP contribution in [0.5, 0.6) is 0 Å². The largest absolute Gasteiger partial charge is 0.327 e. The Morgan fingerprint density at radius 3 is 2.30 bits per heavy atom. The summed E-state index contributed by atoms with van der Waals surface area (Å²) >= 11 is 0. The molecule has 4 N–H and O–H groups in total. The lowest BCUT2D eigenvalue weighted by Gasteiger charge is -2.21. The lowest BCUT2D eigenvalue weighted by Crippen LogP contribution is -2.40. The maximum absolute atomic E-state index is 13.9. The Bertz CT molecular complexity index is 682. The van der Waals surface area contributed by atoms with Crippen LogP contribution in [0.25, 0.3) is 0 Å². The van der Waals surface area contributed by atoms with Crippen molar-refractivity contribution in [3.8, 4) is 0 Å². The van der Waals surface area contributed by atoms with Gasteiger partial charge in [-0.2, -0.15) is 0 Å². The maximum atomic E-state index is 13.9. The monoisotopic (exact) mass is 345 g/mol. The molecule has 2 unspecified atom stereocenters. The second-order valence-corrected chi connectivity index (χ2v) is 8.29. The molecule has 23 heavy (non-hydrogen) atoms. The molecule has 0 fully saturated rings. The first kappa shape index (κ1) is 19.5. The van der Waals surface area contributed by atoms with Crippen LogP contribution >= 0.6 is 0 Å². The van der Waals surface area contributed by atoms with Gasteiger partial charge in [0, 0.05) is 17.3 Å². The van der Waals surface area contributed by atoms with Gasteiger partial charge in [-0.3, -0.25) is 4.79 Å². The average Bonchev–Trinajstić information content (AvgIpc) is 2.36. The minimum absolute atomic E-state index is 0.193. The fourth-order valence-corrected chi connectivity index (χ4v) is 3.26. The van der Waals surface area contributed by atoms with Gasteiger partial charge in [-0.1, -0.05) is 6.92 Å². The Morgan fingerprint density at radius 2 is 1.83 bits per heavy atom. The van der Waals surface area contributed by atoms with E-state index in [4.69, 9.17) is 5.73 Å². The summed E-state index contributed by atoms with van der Waals surface area (Å²) in [4.78, 5) is 11.5. The van der Waals surface area contributed by atoms with E-state index >= 15 is 0 Å². The highest BCUT2D eigenvalue weighted by Crippen LogP contribution is 2.21. The van der Waals surface area contributed by atoms with Crippen molar-refractivity contribution in [2.45, 2.75) is 51.1 Å². The minimum atomic E-state index is -4.04. The van der Waals surface area contributed by atoms with Gasteiger partial charge in [0.2, 0.25) is 15.9 Å². The van der Waals surface area contributed by atoms with E-state index in [1.807, 2.05) is 0 Å². The fraction of sp³-hybridized carbons (Fsp3) is 0.533. The average molecular weight is 345 g/mol. The molecule has 1 amide bonds. The lowest BCUT2D eigenvalue weighted by atomic mass is 10.0. The van der Waals surface area contributed by atoms with E-state index in [1.54, 1.807) is 34.6 Å². The third kappa shape index (κ3) is 5.56. The van der Waals surface area contributed by atoms with E-state index in [2.05, 4.69) is 10.0 Å². The van der Waals surface area contributed by atoms with Gasteiger partial charge in [0.15, 0.2) is 0 Å². The summed E-state index contributed by atoms with van der Waals surface area (Å²) < 4.78 is 40.8. The van der Waals surface area contributed by atoms with Gasteiger partial charge < -0.3 is 11.1 Å². The topological polar surface area (TPSA) is 101 Å². The molecule has 1 aromatic carbocycles. The molecule has 1 aromatic rings. The fourth-order valence-electron chi connectivity index (χ4n) is 1.74. The van der Waals surface area contributed by atoms with Crippen LogP contribution in [0.15, 0.2) is 23.1 Å². The molecule has 0 aliphatic rings.